The molecule has 7 heteroatoms. The van der Waals surface area contributed by atoms with Gasteiger partial charge >= 0.3 is 26.2 Å². The summed E-state index contributed by atoms with van der Waals surface area (Å²) in [6.07, 6.45) is 0. The van der Waals surface area contributed by atoms with Crippen LogP contribution in [0.1, 0.15) is 0 Å². The van der Waals surface area contributed by atoms with Gasteiger partial charge in [0.25, 0.3) is 0 Å². The quantitative estimate of drug-likeness (QED) is 0.277. The molecule has 0 aromatic heterocycles. The Morgan fingerprint density at radius 1 is 0.714 bits per heavy atom. The molecule has 0 unspecified atom stereocenters. The Bertz CT molecular complexity index is 6.14. The van der Waals surface area contributed by atoms with Crippen molar-refractivity contribution in [2.75, 3.05) is 0 Å². The Balaban J connectivity index is -0.0000000400. The van der Waals surface area contributed by atoms with Crippen LogP contribution in [0.3, 0.4) is 0 Å². The van der Waals surface area contributed by atoms with Crippen LogP contribution in [-0.2, 0) is 36.3 Å². The van der Waals surface area contributed by atoms with Crippen molar-refractivity contribution in [1.29, 1.82) is 0 Å². The van der Waals surface area contributed by atoms with Gasteiger partial charge in [0.15, 0.2) is 0 Å². The van der Waals surface area contributed by atoms with Gasteiger partial charge in [-0.1, -0.05) is 0 Å². The standard InChI is InChI=1S/2H2O3.Zr/c2*1-3-2;/h2*1-2H;/q;;+4/p-4. The molecule has 0 aliphatic heterocycles. The van der Waals surface area contributed by atoms with E-state index in [0.717, 1.165) is 0 Å². The zero-order valence-electron chi connectivity index (χ0n) is 2.95. The summed E-state index contributed by atoms with van der Waals surface area (Å²) in [5.74, 6) is 0. The van der Waals surface area contributed by atoms with Crippen molar-refractivity contribution in [3.63, 3.8) is 0 Å². The summed E-state index contributed by atoms with van der Waals surface area (Å²) in [7, 11) is 0. The molecule has 0 aliphatic carbocycles. The minimum absolute atomic E-state index is 0. The summed E-state index contributed by atoms with van der Waals surface area (Å²) >= 11 is 0. The second-order valence-corrected chi connectivity index (χ2v) is 0.136. The van der Waals surface area contributed by atoms with Crippen LogP contribution < -0.4 is 21.0 Å². The van der Waals surface area contributed by atoms with Crippen LogP contribution in [0.25, 0.3) is 0 Å². The molecule has 0 aromatic rings. The van der Waals surface area contributed by atoms with Crippen molar-refractivity contribution in [3.05, 3.63) is 0 Å². The van der Waals surface area contributed by atoms with E-state index < -0.39 is 0 Å². The summed E-state index contributed by atoms with van der Waals surface area (Å²) in [6, 6.07) is 0. The Kier molecular flexibility index (Phi) is 67.7. The van der Waals surface area contributed by atoms with E-state index in [-0.39, 0.29) is 26.2 Å². The molecule has 7 heavy (non-hydrogen) atoms. The molecule has 6 nitrogen and oxygen atoms in total. The molecule has 0 saturated heterocycles. The second kappa shape index (κ2) is 30.3. The second-order valence-electron chi connectivity index (χ2n) is 0.136. The third kappa shape index (κ3) is 346. The molecular formula is O6Zr. The molecule has 0 amide bonds. The van der Waals surface area contributed by atoms with E-state index in [1.54, 1.807) is 10.1 Å². The van der Waals surface area contributed by atoms with Crippen LogP contribution in [0.15, 0.2) is 0 Å². The van der Waals surface area contributed by atoms with E-state index in [9.17, 15) is 0 Å². The molecule has 0 aliphatic rings. The molecule has 0 atom stereocenters. The van der Waals surface area contributed by atoms with Crippen LogP contribution in [0.5, 0.6) is 0 Å². The average molecular weight is 187 g/mol. The van der Waals surface area contributed by atoms with Crippen molar-refractivity contribution in [2.24, 2.45) is 0 Å². The Labute approximate surface area is 57.7 Å². The molecule has 0 fully saturated rings. The van der Waals surface area contributed by atoms with Crippen molar-refractivity contribution in [3.8, 4) is 0 Å². The third-order valence-corrected chi connectivity index (χ3v) is 0. The molecule has 0 N–H and O–H groups in total. The maximum absolute atomic E-state index is 7.88. The molecular weight excluding hydrogens is 187 g/mol. The largest absolute Gasteiger partial charge is 4.00 e. The van der Waals surface area contributed by atoms with Gasteiger partial charge in [-0.2, -0.15) is 0 Å². The van der Waals surface area contributed by atoms with Crippen molar-refractivity contribution < 1.29 is 57.3 Å². The van der Waals surface area contributed by atoms with E-state index in [0.29, 0.717) is 0 Å². The molecule has 0 saturated carbocycles. The first-order valence-electron chi connectivity index (χ1n) is 0.667. The summed E-state index contributed by atoms with van der Waals surface area (Å²) in [4.78, 5) is 0. The molecule has 0 heterocycles. The fourth-order valence-corrected chi connectivity index (χ4v) is 0. The van der Waals surface area contributed by atoms with Crippen molar-refractivity contribution in [1.82, 2.24) is 0 Å². The molecule has 0 spiro atoms. The smallest absolute Gasteiger partial charge is 0.734 e. The van der Waals surface area contributed by atoms with E-state index in [4.69, 9.17) is 21.0 Å². The Hall–Kier alpha value is 0.643. The maximum atomic E-state index is 7.88. The van der Waals surface area contributed by atoms with Crippen LogP contribution in [-0.4, -0.2) is 0 Å². The minimum Gasteiger partial charge on any atom is -0.734 e. The molecule has 0 radical (unpaired) electrons. The predicted octanol–water partition coefficient (Wildman–Crippen LogP) is -4.90. The Morgan fingerprint density at radius 2 is 0.714 bits per heavy atom. The van der Waals surface area contributed by atoms with Crippen LogP contribution in [0.2, 0.25) is 0 Å². The van der Waals surface area contributed by atoms with Gasteiger partial charge in [-0.3, -0.25) is 0 Å². The molecule has 0 aromatic carbocycles. The zero-order valence-corrected chi connectivity index (χ0v) is 5.41. The summed E-state index contributed by atoms with van der Waals surface area (Å²) in [5.41, 5.74) is 0. The number of hydrogen-bond donors (Lipinski definition) is 0. The van der Waals surface area contributed by atoms with Gasteiger partial charge in [-0.25, -0.2) is 0 Å². The third-order valence-electron chi connectivity index (χ3n) is 0. The average Bonchev–Trinajstić information content (AvgIpc) is 1.39. The summed E-state index contributed by atoms with van der Waals surface area (Å²) in [5, 5.41) is 35.0. The first kappa shape index (κ1) is 15.6. The van der Waals surface area contributed by atoms with E-state index in [1.807, 2.05) is 0 Å². The predicted molar refractivity (Wildman–Crippen MR) is 2.17 cm³/mol. The first-order chi connectivity index (χ1) is 2.83. The summed E-state index contributed by atoms with van der Waals surface area (Å²) in [6.45, 7) is 0. The van der Waals surface area contributed by atoms with Crippen molar-refractivity contribution in [2.45, 2.75) is 0 Å². The van der Waals surface area contributed by atoms with Gasteiger partial charge < -0.3 is 31.1 Å². The van der Waals surface area contributed by atoms with Gasteiger partial charge in [-0.05, 0) is 0 Å². The van der Waals surface area contributed by atoms with Gasteiger partial charge in [-0.15, -0.1) is 0 Å². The molecule has 0 bridgehead atoms. The van der Waals surface area contributed by atoms with E-state index in [1.165, 1.54) is 0 Å². The fraction of sp³-hybridized carbons (Fsp3) is 0. The number of rotatable bonds is 0. The first-order valence-corrected chi connectivity index (χ1v) is 0.667. The van der Waals surface area contributed by atoms with E-state index >= 15 is 0 Å². The van der Waals surface area contributed by atoms with Gasteiger partial charge in [0.1, 0.15) is 0 Å². The SMILES string of the molecule is [O-]O[O-].[O-]O[O-].[Zr+4]. The van der Waals surface area contributed by atoms with Crippen LogP contribution in [0.4, 0.5) is 0 Å². The van der Waals surface area contributed by atoms with Gasteiger partial charge in [0, 0.05) is 0 Å². The summed E-state index contributed by atoms with van der Waals surface area (Å²) < 4.78 is 0. The van der Waals surface area contributed by atoms with Gasteiger partial charge in [0.05, 0.1) is 0 Å². The van der Waals surface area contributed by atoms with Crippen LogP contribution in [0, 0.1) is 0 Å². The molecule has 40 valence electrons. The van der Waals surface area contributed by atoms with Crippen molar-refractivity contribution >= 4 is 0 Å². The van der Waals surface area contributed by atoms with Crippen LogP contribution >= 0.6 is 0 Å². The maximum Gasteiger partial charge on any atom is 4.00 e. The minimum atomic E-state index is 0. The Morgan fingerprint density at radius 3 is 0.714 bits per heavy atom. The normalized spacial score (nSPS) is 5.14. The number of hydrogen-bond acceptors (Lipinski definition) is 6. The zero-order chi connectivity index (χ0) is 5.41. The monoisotopic (exact) mass is 186 g/mol. The van der Waals surface area contributed by atoms with E-state index in [2.05, 4.69) is 0 Å². The topological polar surface area (TPSA) is 111 Å². The fourth-order valence-electron chi connectivity index (χ4n) is 0. The molecule has 0 rings (SSSR count). The van der Waals surface area contributed by atoms with Gasteiger partial charge in [0.2, 0.25) is 0 Å².